The third-order valence-corrected chi connectivity index (χ3v) is 6.82. The van der Waals surface area contributed by atoms with Crippen LogP contribution in [0.4, 0.5) is 0 Å². The van der Waals surface area contributed by atoms with Crippen LogP contribution in [0.3, 0.4) is 0 Å². The number of nitrogens with one attached hydrogen (secondary N) is 1. The second kappa shape index (κ2) is 9.12. The molecule has 1 heterocycles. The number of carbonyl (C=O) groups excluding carboxylic acids is 1. The zero-order valence-corrected chi connectivity index (χ0v) is 17.0. The molecule has 1 saturated heterocycles. The van der Waals surface area contributed by atoms with Crippen molar-refractivity contribution >= 4 is 31.9 Å². The van der Waals surface area contributed by atoms with E-state index in [1.54, 1.807) is 31.4 Å². The van der Waals surface area contributed by atoms with E-state index >= 15 is 0 Å². The van der Waals surface area contributed by atoms with Crippen LogP contribution in [0.15, 0.2) is 33.6 Å². The Morgan fingerprint density at radius 1 is 1.40 bits per heavy atom. The molecule has 8 heteroatoms. The second-order valence-electron chi connectivity index (χ2n) is 6.23. The molecule has 0 aromatic heterocycles. The number of nitrogens with zero attached hydrogens (tertiary/aromatic N) is 1. The fourth-order valence-electron chi connectivity index (χ4n) is 2.91. The van der Waals surface area contributed by atoms with E-state index in [9.17, 15) is 13.2 Å². The van der Waals surface area contributed by atoms with Crippen molar-refractivity contribution in [3.05, 3.63) is 28.7 Å². The standard InChI is InChI=1S/C17H25BrN2O4S/c1-3-15(12-24-2)19-17(21)13-5-4-10-20(11-13)25(22,23)16-8-6-14(18)7-9-16/h6-9,13,15H,3-5,10-12H2,1-2H3,(H,19,21). The first-order valence-electron chi connectivity index (χ1n) is 8.43. The molecule has 1 fully saturated rings. The summed E-state index contributed by atoms with van der Waals surface area (Å²) >= 11 is 3.31. The number of hydrogen-bond acceptors (Lipinski definition) is 4. The summed E-state index contributed by atoms with van der Waals surface area (Å²) in [5.41, 5.74) is 0. The van der Waals surface area contributed by atoms with Gasteiger partial charge in [-0.1, -0.05) is 22.9 Å². The number of benzene rings is 1. The number of amides is 1. The first-order valence-corrected chi connectivity index (χ1v) is 10.7. The van der Waals surface area contributed by atoms with Gasteiger partial charge in [0.05, 0.1) is 23.5 Å². The molecule has 2 rings (SSSR count). The molecule has 0 bridgehead atoms. The van der Waals surface area contributed by atoms with Gasteiger partial charge in [0.2, 0.25) is 15.9 Å². The van der Waals surface area contributed by atoms with Gasteiger partial charge in [0.1, 0.15) is 0 Å². The van der Waals surface area contributed by atoms with E-state index in [1.807, 2.05) is 6.92 Å². The Balaban J connectivity index is 2.07. The Morgan fingerprint density at radius 3 is 2.68 bits per heavy atom. The lowest BCUT2D eigenvalue weighted by Crippen LogP contribution is -2.48. The van der Waals surface area contributed by atoms with Gasteiger partial charge in [-0.25, -0.2) is 8.42 Å². The summed E-state index contributed by atoms with van der Waals surface area (Å²) in [4.78, 5) is 12.8. The van der Waals surface area contributed by atoms with Crippen LogP contribution in [-0.2, 0) is 19.6 Å². The maximum atomic E-state index is 12.8. The highest BCUT2D eigenvalue weighted by Crippen LogP contribution is 2.25. The number of sulfonamides is 1. The van der Waals surface area contributed by atoms with Gasteiger partial charge in [0, 0.05) is 24.7 Å². The Morgan fingerprint density at radius 2 is 2.08 bits per heavy atom. The van der Waals surface area contributed by atoms with E-state index in [0.717, 1.165) is 10.9 Å². The molecule has 1 N–H and O–H groups in total. The fraction of sp³-hybridized carbons (Fsp3) is 0.588. The normalized spacial score (nSPS) is 20.2. The molecule has 25 heavy (non-hydrogen) atoms. The first kappa shape index (κ1) is 20.4. The summed E-state index contributed by atoms with van der Waals surface area (Å²) in [7, 11) is -1.98. The zero-order chi connectivity index (χ0) is 18.4. The van der Waals surface area contributed by atoms with Gasteiger partial charge in [-0.05, 0) is 43.5 Å². The number of methoxy groups -OCH3 is 1. The molecule has 2 unspecified atom stereocenters. The summed E-state index contributed by atoms with van der Waals surface area (Å²) in [6, 6.07) is 6.52. The number of halogens is 1. The lowest BCUT2D eigenvalue weighted by atomic mass is 9.98. The highest BCUT2D eigenvalue weighted by Gasteiger charge is 2.33. The average Bonchev–Trinajstić information content (AvgIpc) is 2.61. The first-order chi connectivity index (χ1) is 11.9. The molecule has 1 aromatic carbocycles. The molecular formula is C17H25BrN2O4S. The van der Waals surface area contributed by atoms with E-state index in [1.165, 1.54) is 4.31 Å². The maximum absolute atomic E-state index is 12.8. The van der Waals surface area contributed by atoms with Gasteiger partial charge < -0.3 is 10.1 Å². The van der Waals surface area contributed by atoms with Gasteiger partial charge in [0.15, 0.2) is 0 Å². The largest absolute Gasteiger partial charge is 0.383 e. The Hall–Kier alpha value is -0.960. The number of piperidine rings is 1. The molecule has 0 radical (unpaired) electrons. The summed E-state index contributed by atoms with van der Waals surface area (Å²) < 4.78 is 33.0. The molecule has 140 valence electrons. The summed E-state index contributed by atoms with van der Waals surface area (Å²) in [6.45, 7) is 3.09. The highest BCUT2D eigenvalue weighted by molar-refractivity contribution is 9.10. The van der Waals surface area contributed by atoms with Crippen LogP contribution in [0, 0.1) is 5.92 Å². The van der Waals surface area contributed by atoms with Crippen molar-refractivity contribution in [3.63, 3.8) is 0 Å². The minimum Gasteiger partial charge on any atom is -0.383 e. The third kappa shape index (κ3) is 5.26. The highest BCUT2D eigenvalue weighted by atomic mass is 79.9. The Kier molecular flexibility index (Phi) is 7.42. The van der Waals surface area contributed by atoms with Crippen LogP contribution in [0.5, 0.6) is 0 Å². The summed E-state index contributed by atoms with van der Waals surface area (Å²) in [5.74, 6) is -0.426. The Bertz CT molecular complexity index is 678. The molecule has 1 aliphatic rings. The van der Waals surface area contributed by atoms with E-state index < -0.39 is 10.0 Å². The van der Waals surface area contributed by atoms with Gasteiger partial charge in [0.25, 0.3) is 0 Å². The van der Waals surface area contributed by atoms with E-state index in [0.29, 0.717) is 26.0 Å². The van der Waals surface area contributed by atoms with E-state index in [2.05, 4.69) is 21.2 Å². The van der Waals surface area contributed by atoms with Gasteiger partial charge >= 0.3 is 0 Å². The molecule has 0 spiro atoms. The molecule has 1 amide bonds. The minimum absolute atomic E-state index is 0.0454. The minimum atomic E-state index is -3.58. The van der Waals surface area contributed by atoms with Crippen molar-refractivity contribution in [1.29, 1.82) is 0 Å². The van der Waals surface area contributed by atoms with Crippen molar-refractivity contribution in [3.8, 4) is 0 Å². The molecule has 1 aromatic rings. The van der Waals surface area contributed by atoms with Crippen LogP contribution in [0.2, 0.25) is 0 Å². The SMILES string of the molecule is CCC(COC)NC(=O)C1CCCN(S(=O)(=O)c2ccc(Br)cc2)C1. The number of carbonyl (C=O) groups is 1. The van der Waals surface area contributed by atoms with Crippen LogP contribution < -0.4 is 5.32 Å². The predicted octanol–water partition coefficient (Wildman–Crippen LogP) is 2.39. The lowest BCUT2D eigenvalue weighted by Gasteiger charge is -2.32. The number of rotatable bonds is 7. The molecule has 0 saturated carbocycles. The van der Waals surface area contributed by atoms with Crippen molar-refractivity contribution < 1.29 is 17.9 Å². The summed E-state index contributed by atoms with van der Waals surface area (Å²) in [5, 5.41) is 2.96. The fourth-order valence-corrected chi connectivity index (χ4v) is 4.70. The molecule has 0 aliphatic carbocycles. The number of ether oxygens (including phenoxy) is 1. The third-order valence-electron chi connectivity index (χ3n) is 4.41. The topological polar surface area (TPSA) is 75.7 Å². The maximum Gasteiger partial charge on any atom is 0.243 e. The van der Waals surface area contributed by atoms with Crippen LogP contribution in [0.25, 0.3) is 0 Å². The van der Waals surface area contributed by atoms with Gasteiger partial charge in [-0.3, -0.25) is 4.79 Å². The van der Waals surface area contributed by atoms with E-state index in [4.69, 9.17) is 4.74 Å². The molecule has 6 nitrogen and oxygen atoms in total. The van der Waals surface area contributed by atoms with Gasteiger partial charge in [-0.15, -0.1) is 0 Å². The van der Waals surface area contributed by atoms with Crippen LogP contribution in [0.1, 0.15) is 26.2 Å². The monoisotopic (exact) mass is 432 g/mol. The van der Waals surface area contributed by atoms with Crippen molar-refractivity contribution in [2.24, 2.45) is 5.92 Å². The molecule has 1 aliphatic heterocycles. The van der Waals surface area contributed by atoms with Crippen molar-refractivity contribution in [2.75, 3.05) is 26.8 Å². The molecular weight excluding hydrogens is 408 g/mol. The number of hydrogen-bond donors (Lipinski definition) is 1. The zero-order valence-electron chi connectivity index (χ0n) is 14.6. The van der Waals surface area contributed by atoms with Crippen LogP contribution in [-0.4, -0.2) is 51.5 Å². The average molecular weight is 433 g/mol. The van der Waals surface area contributed by atoms with Crippen molar-refractivity contribution in [2.45, 2.75) is 37.1 Å². The van der Waals surface area contributed by atoms with E-state index in [-0.39, 0.29) is 29.3 Å². The molecule has 2 atom stereocenters. The summed E-state index contributed by atoms with van der Waals surface area (Å²) in [6.07, 6.45) is 2.14. The lowest BCUT2D eigenvalue weighted by molar-refractivity contribution is -0.127. The van der Waals surface area contributed by atoms with Crippen LogP contribution >= 0.6 is 15.9 Å². The quantitative estimate of drug-likeness (QED) is 0.717. The second-order valence-corrected chi connectivity index (χ2v) is 9.08. The van der Waals surface area contributed by atoms with Gasteiger partial charge in [-0.2, -0.15) is 4.31 Å². The predicted molar refractivity (Wildman–Crippen MR) is 99.7 cm³/mol. The Labute approximate surface area is 158 Å². The smallest absolute Gasteiger partial charge is 0.243 e. The van der Waals surface area contributed by atoms with Crippen molar-refractivity contribution in [1.82, 2.24) is 9.62 Å².